The van der Waals surface area contributed by atoms with Gasteiger partial charge in [0.05, 0.1) is 17.5 Å². The lowest BCUT2D eigenvalue weighted by atomic mass is 10.0. The SMILES string of the molecule is COc1ccc(-c2ccc(C(=O)c3nc(-c4cncs4)cn3CCCc3cccc(O[C@@H](C)C(=O)O)c3F)cc2)cc1. The van der Waals surface area contributed by atoms with E-state index in [-0.39, 0.29) is 17.4 Å². The standard InChI is InChI=1S/C32H28FN3O5S/c1-20(32(38)39)41-27-7-3-5-23(29(27)33)6-4-16-36-18-26(28-17-34-19-42-28)35-31(36)30(37)24-10-8-21(9-11-24)22-12-14-25(40-2)15-13-22/h3,5,7-15,17-20H,4,6,16H2,1-2H3,(H,38,39)/t20-/m0/s1. The molecule has 2 heterocycles. The van der Waals surface area contributed by atoms with Gasteiger partial charge in [-0.05, 0) is 54.7 Å². The van der Waals surface area contributed by atoms with E-state index in [1.165, 1.54) is 24.3 Å². The Hall–Kier alpha value is -4.83. The van der Waals surface area contributed by atoms with Crippen LogP contribution in [0.3, 0.4) is 0 Å². The van der Waals surface area contributed by atoms with Crippen LogP contribution in [0, 0.1) is 5.82 Å². The zero-order valence-electron chi connectivity index (χ0n) is 23.0. The van der Waals surface area contributed by atoms with Crippen molar-refractivity contribution in [3.63, 3.8) is 0 Å². The van der Waals surface area contributed by atoms with Gasteiger partial charge in [-0.3, -0.25) is 9.78 Å². The van der Waals surface area contributed by atoms with Crippen molar-refractivity contribution in [2.45, 2.75) is 32.4 Å². The highest BCUT2D eigenvalue weighted by molar-refractivity contribution is 7.13. The molecule has 0 saturated carbocycles. The second kappa shape index (κ2) is 12.8. The molecular weight excluding hydrogens is 557 g/mol. The minimum atomic E-state index is -1.18. The summed E-state index contributed by atoms with van der Waals surface area (Å²) in [5, 5.41) is 9.09. The number of aliphatic carboxylic acids is 1. The number of hydrogen-bond donors (Lipinski definition) is 1. The number of halogens is 1. The molecular formula is C32H28FN3O5S. The first-order valence-electron chi connectivity index (χ1n) is 13.3. The molecule has 214 valence electrons. The smallest absolute Gasteiger partial charge is 0.344 e. The Labute approximate surface area is 246 Å². The Morgan fingerprint density at radius 2 is 1.76 bits per heavy atom. The van der Waals surface area contributed by atoms with Crippen molar-refractivity contribution in [3.05, 3.63) is 107 Å². The highest BCUT2D eigenvalue weighted by Crippen LogP contribution is 2.27. The summed E-state index contributed by atoms with van der Waals surface area (Å²) in [5.74, 6) is -1.05. The number of rotatable bonds is 12. The third-order valence-corrected chi connectivity index (χ3v) is 7.57. The number of ketones is 1. The van der Waals surface area contributed by atoms with Crippen LogP contribution in [0.4, 0.5) is 4.39 Å². The topological polar surface area (TPSA) is 104 Å². The monoisotopic (exact) mass is 585 g/mol. The number of aryl methyl sites for hydroxylation is 2. The number of carbonyl (C=O) groups is 2. The fourth-order valence-corrected chi connectivity index (χ4v) is 5.05. The van der Waals surface area contributed by atoms with Gasteiger partial charge >= 0.3 is 5.97 Å². The summed E-state index contributed by atoms with van der Waals surface area (Å²) < 4.78 is 27.3. The van der Waals surface area contributed by atoms with Crippen molar-refractivity contribution in [3.8, 4) is 33.2 Å². The van der Waals surface area contributed by atoms with Crippen LogP contribution in [0.1, 0.15) is 35.1 Å². The van der Waals surface area contributed by atoms with Crippen LogP contribution in [-0.4, -0.2) is 44.6 Å². The number of ether oxygens (including phenoxy) is 2. The number of carbonyl (C=O) groups excluding carboxylic acids is 1. The van der Waals surface area contributed by atoms with Crippen LogP contribution in [0.2, 0.25) is 0 Å². The van der Waals surface area contributed by atoms with E-state index in [0.717, 1.165) is 21.8 Å². The van der Waals surface area contributed by atoms with E-state index in [4.69, 9.17) is 14.6 Å². The molecule has 8 nitrogen and oxygen atoms in total. The molecule has 0 aliphatic heterocycles. The maximum atomic E-state index is 15.0. The molecule has 0 fully saturated rings. The van der Waals surface area contributed by atoms with E-state index in [1.807, 2.05) is 42.6 Å². The number of hydrogen-bond acceptors (Lipinski definition) is 7. The second-order valence-electron chi connectivity index (χ2n) is 9.57. The molecule has 0 aliphatic rings. The molecule has 5 rings (SSSR count). The Morgan fingerprint density at radius 3 is 2.40 bits per heavy atom. The van der Waals surface area contributed by atoms with E-state index in [9.17, 15) is 9.59 Å². The van der Waals surface area contributed by atoms with Gasteiger partial charge in [0.15, 0.2) is 23.5 Å². The van der Waals surface area contributed by atoms with Gasteiger partial charge in [-0.2, -0.15) is 0 Å². The van der Waals surface area contributed by atoms with E-state index in [1.54, 1.807) is 47.6 Å². The number of aromatic nitrogens is 3. The van der Waals surface area contributed by atoms with Gasteiger partial charge < -0.3 is 19.1 Å². The van der Waals surface area contributed by atoms with E-state index >= 15 is 4.39 Å². The molecule has 1 N–H and O–H groups in total. The van der Waals surface area contributed by atoms with Gasteiger partial charge in [0.25, 0.3) is 0 Å². The highest BCUT2D eigenvalue weighted by Gasteiger charge is 2.20. The summed E-state index contributed by atoms with van der Waals surface area (Å²) in [4.78, 5) is 34.4. The van der Waals surface area contributed by atoms with Crippen molar-refractivity contribution in [2.75, 3.05) is 7.11 Å². The van der Waals surface area contributed by atoms with Crippen LogP contribution in [0.25, 0.3) is 21.7 Å². The summed E-state index contributed by atoms with van der Waals surface area (Å²) in [6, 6.07) is 19.7. The fraction of sp³-hybridized carbons (Fsp3) is 0.188. The van der Waals surface area contributed by atoms with Gasteiger partial charge in [-0.25, -0.2) is 14.2 Å². The predicted octanol–water partition coefficient (Wildman–Crippen LogP) is 6.54. The number of carboxylic acid groups (broad SMARTS) is 1. The van der Waals surface area contributed by atoms with Crippen LogP contribution in [0.5, 0.6) is 11.5 Å². The summed E-state index contributed by atoms with van der Waals surface area (Å²) in [6.07, 6.45) is 3.20. The lowest BCUT2D eigenvalue weighted by Crippen LogP contribution is -2.23. The average Bonchev–Trinajstić information content (AvgIpc) is 3.69. The van der Waals surface area contributed by atoms with E-state index in [2.05, 4.69) is 9.97 Å². The molecule has 0 spiro atoms. The Bertz CT molecular complexity index is 1680. The summed E-state index contributed by atoms with van der Waals surface area (Å²) in [5.41, 5.74) is 5.21. The van der Waals surface area contributed by atoms with Gasteiger partial charge in [-0.15, -0.1) is 11.3 Å². The van der Waals surface area contributed by atoms with Gasteiger partial charge in [0.2, 0.25) is 5.78 Å². The maximum Gasteiger partial charge on any atom is 0.344 e. The van der Waals surface area contributed by atoms with Gasteiger partial charge in [-0.1, -0.05) is 48.5 Å². The van der Waals surface area contributed by atoms with E-state index < -0.39 is 17.9 Å². The predicted molar refractivity (Wildman–Crippen MR) is 158 cm³/mol. The molecule has 10 heteroatoms. The largest absolute Gasteiger partial charge is 0.497 e. The molecule has 3 aromatic carbocycles. The number of thiazole rings is 1. The van der Waals surface area contributed by atoms with Crippen LogP contribution >= 0.6 is 11.3 Å². The molecule has 42 heavy (non-hydrogen) atoms. The molecule has 0 saturated heterocycles. The van der Waals surface area contributed by atoms with Crippen molar-refractivity contribution < 1.29 is 28.6 Å². The van der Waals surface area contributed by atoms with Crippen molar-refractivity contribution in [2.24, 2.45) is 0 Å². The first-order chi connectivity index (χ1) is 20.3. The zero-order chi connectivity index (χ0) is 29.6. The first kappa shape index (κ1) is 28.7. The molecule has 0 aliphatic carbocycles. The Morgan fingerprint density at radius 1 is 1.05 bits per heavy atom. The average molecular weight is 586 g/mol. The lowest BCUT2D eigenvalue weighted by Gasteiger charge is -2.13. The number of carboxylic acids is 1. The maximum absolute atomic E-state index is 15.0. The summed E-state index contributed by atoms with van der Waals surface area (Å²) >= 11 is 1.43. The van der Waals surface area contributed by atoms with Gasteiger partial charge in [0, 0.05) is 24.5 Å². The number of imidazole rings is 1. The van der Waals surface area contributed by atoms with Crippen LogP contribution in [0.15, 0.2) is 84.6 Å². The quantitative estimate of drug-likeness (QED) is 0.166. The van der Waals surface area contributed by atoms with Crippen LogP contribution < -0.4 is 9.47 Å². The highest BCUT2D eigenvalue weighted by atomic mass is 32.1. The summed E-state index contributed by atoms with van der Waals surface area (Å²) in [6.45, 7) is 1.76. The normalized spacial score (nSPS) is 11.7. The fourth-order valence-electron chi connectivity index (χ4n) is 4.48. The molecule has 0 radical (unpaired) electrons. The molecule has 2 aromatic heterocycles. The first-order valence-corrected chi connectivity index (χ1v) is 14.1. The van der Waals surface area contributed by atoms with Gasteiger partial charge in [0.1, 0.15) is 11.4 Å². The zero-order valence-corrected chi connectivity index (χ0v) is 23.8. The van der Waals surface area contributed by atoms with Crippen molar-refractivity contribution in [1.82, 2.24) is 14.5 Å². The molecule has 5 aromatic rings. The van der Waals surface area contributed by atoms with Crippen molar-refractivity contribution >= 4 is 23.1 Å². The summed E-state index contributed by atoms with van der Waals surface area (Å²) in [7, 11) is 1.62. The number of nitrogens with zero attached hydrogens (tertiary/aromatic N) is 3. The minimum Gasteiger partial charge on any atom is -0.497 e. The van der Waals surface area contributed by atoms with Crippen molar-refractivity contribution in [1.29, 1.82) is 0 Å². The Kier molecular flexibility index (Phi) is 8.73. The van der Waals surface area contributed by atoms with Crippen LogP contribution in [-0.2, 0) is 17.8 Å². The third kappa shape index (κ3) is 6.39. The third-order valence-electron chi connectivity index (χ3n) is 6.77. The number of benzene rings is 3. The number of methoxy groups -OCH3 is 1. The Balaban J connectivity index is 1.34. The molecule has 0 unspecified atom stereocenters. The molecule has 1 atom stereocenters. The minimum absolute atomic E-state index is 0.105. The molecule has 0 amide bonds. The lowest BCUT2D eigenvalue weighted by molar-refractivity contribution is -0.144. The van der Waals surface area contributed by atoms with E-state index in [0.29, 0.717) is 36.2 Å². The molecule has 0 bridgehead atoms. The second-order valence-corrected chi connectivity index (χ2v) is 10.5.